The summed E-state index contributed by atoms with van der Waals surface area (Å²) in [5.41, 5.74) is 2.73. The lowest BCUT2D eigenvalue weighted by molar-refractivity contribution is -0.384. The summed E-state index contributed by atoms with van der Waals surface area (Å²) < 4.78 is 15.4. The topological polar surface area (TPSA) is 105 Å². The molecule has 1 fully saturated rings. The maximum atomic E-state index is 13.4. The van der Waals surface area contributed by atoms with Crippen molar-refractivity contribution in [3.05, 3.63) is 110 Å². The fourth-order valence-corrected chi connectivity index (χ4v) is 5.75. The van der Waals surface area contributed by atoms with Gasteiger partial charge in [-0.1, -0.05) is 6.92 Å². The summed E-state index contributed by atoms with van der Waals surface area (Å²) in [6.07, 6.45) is 2.72. The van der Waals surface area contributed by atoms with E-state index in [9.17, 15) is 24.1 Å². The minimum absolute atomic E-state index is 0.0516. The Hall–Kier alpha value is -4.58. The van der Waals surface area contributed by atoms with Crippen LogP contribution in [0, 0.1) is 15.9 Å². The largest absolute Gasteiger partial charge is 0.368 e. The molecule has 5 rings (SSSR count). The Bertz CT molecular complexity index is 1540. The number of non-ortho nitro benzene ring substituents is 1. The van der Waals surface area contributed by atoms with E-state index in [0.717, 1.165) is 22.8 Å². The number of thiazole rings is 1. The van der Waals surface area contributed by atoms with Crippen molar-refractivity contribution in [1.29, 1.82) is 0 Å². The van der Waals surface area contributed by atoms with Gasteiger partial charge in [0.05, 0.1) is 18.0 Å². The van der Waals surface area contributed by atoms with Crippen LogP contribution < -0.4 is 4.90 Å². The van der Waals surface area contributed by atoms with E-state index in [-0.39, 0.29) is 23.3 Å². The van der Waals surface area contributed by atoms with Crippen LogP contribution in [0.4, 0.5) is 15.8 Å². The highest BCUT2D eigenvalue weighted by molar-refractivity contribution is 7.09. The molecule has 0 radical (unpaired) electrons. The van der Waals surface area contributed by atoms with Crippen LogP contribution in [0.5, 0.6) is 0 Å². The maximum absolute atomic E-state index is 13.4. The lowest BCUT2D eigenvalue weighted by Crippen LogP contribution is -2.48. The number of rotatable bonds is 10. The highest BCUT2D eigenvalue weighted by Gasteiger charge is 2.25. The van der Waals surface area contributed by atoms with E-state index in [1.807, 2.05) is 29.8 Å². The number of piperazine rings is 1. The number of amides is 2. The van der Waals surface area contributed by atoms with Gasteiger partial charge in [0.15, 0.2) is 0 Å². The molecule has 218 valence electrons. The van der Waals surface area contributed by atoms with Crippen LogP contribution in [0.15, 0.2) is 72.2 Å². The molecule has 0 bridgehead atoms. The molecule has 0 spiro atoms. The molecule has 12 heteroatoms. The zero-order chi connectivity index (χ0) is 29.6. The predicted octanol–water partition coefficient (Wildman–Crippen LogP) is 5.06. The average molecular weight is 591 g/mol. The van der Waals surface area contributed by atoms with E-state index in [2.05, 4.69) is 9.88 Å². The summed E-state index contributed by atoms with van der Waals surface area (Å²) in [6.45, 7) is 5.74. The molecule has 0 unspecified atom stereocenters. The quantitative estimate of drug-likeness (QED) is 0.189. The molecule has 10 nitrogen and oxygen atoms in total. The van der Waals surface area contributed by atoms with E-state index in [1.165, 1.54) is 47.7 Å². The second kappa shape index (κ2) is 12.9. The molecule has 2 aromatic heterocycles. The summed E-state index contributed by atoms with van der Waals surface area (Å²) in [5, 5.41) is 13.5. The summed E-state index contributed by atoms with van der Waals surface area (Å²) >= 11 is 1.42. The predicted molar refractivity (Wildman–Crippen MR) is 158 cm³/mol. The van der Waals surface area contributed by atoms with Gasteiger partial charge in [0.2, 0.25) is 0 Å². The fourth-order valence-electron chi connectivity index (χ4n) is 4.98. The lowest BCUT2D eigenvalue weighted by Gasteiger charge is -2.35. The molecule has 3 heterocycles. The maximum Gasteiger partial charge on any atom is 0.273 e. The van der Waals surface area contributed by atoms with Gasteiger partial charge in [-0.25, -0.2) is 9.37 Å². The third kappa shape index (κ3) is 6.65. The molecule has 0 saturated carbocycles. The van der Waals surface area contributed by atoms with Crippen molar-refractivity contribution in [3.8, 4) is 0 Å². The third-order valence-electron chi connectivity index (χ3n) is 7.22. The molecule has 4 aromatic rings. The Kier molecular flexibility index (Phi) is 8.91. The second-order valence-corrected chi connectivity index (χ2v) is 11.0. The van der Waals surface area contributed by atoms with Crippen molar-refractivity contribution < 1.29 is 18.9 Å². The lowest BCUT2D eigenvalue weighted by atomic mass is 10.2. The van der Waals surface area contributed by atoms with Gasteiger partial charge in [-0.15, -0.1) is 11.3 Å². The molecule has 2 aromatic carbocycles. The van der Waals surface area contributed by atoms with Crippen LogP contribution >= 0.6 is 11.3 Å². The van der Waals surface area contributed by atoms with Crippen LogP contribution in [0.3, 0.4) is 0 Å². The highest BCUT2D eigenvalue weighted by Crippen LogP contribution is 2.22. The molecule has 0 aliphatic carbocycles. The number of nitro groups is 1. The van der Waals surface area contributed by atoms with Crippen molar-refractivity contribution in [1.82, 2.24) is 19.4 Å². The van der Waals surface area contributed by atoms with Gasteiger partial charge in [-0.05, 0) is 55.0 Å². The molecular weight excluding hydrogens is 559 g/mol. The van der Waals surface area contributed by atoms with Crippen LogP contribution in [-0.2, 0) is 13.1 Å². The molecular formula is C30H31FN6O4S. The number of nitrogens with zero attached hydrogens (tertiary/aromatic N) is 6. The van der Waals surface area contributed by atoms with Gasteiger partial charge < -0.3 is 19.3 Å². The first-order chi connectivity index (χ1) is 20.3. The van der Waals surface area contributed by atoms with E-state index < -0.39 is 4.92 Å². The molecule has 42 heavy (non-hydrogen) atoms. The van der Waals surface area contributed by atoms with Crippen LogP contribution in [0.25, 0.3) is 0 Å². The number of hydrogen-bond donors (Lipinski definition) is 0. The molecule has 2 amide bonds. The van der Waals surface area contributed by atoms with Gasteiger partial charge in [0.1, 0.15) is 16.5 Å². The highest BCUT2D eigenvalue weighted by atomic mass is 32.1. The fraction of sp³-hybridized carbons (Fsp3) is 0.300. The number of carbonyl (C=O) groups is 2. The first-order valence-electron chi connectivity index (χ1n) is 13.7. The monoisotopic (exact) mass is 590 g/mol. The van der Waals surface area contributed by atoms with Crippen molar-refractivity contribution in [2.45, 2.75) is 26.4 Å². The van der Waals surface area contributed by atoms with Crippen molar-refractivity contribution >= 4 is 34.5 Å². The van der Waals surface area contributed by atoms with Crippen molar-refractivity contribution in [3.63, 3.8) is 0 Å². The van der Waals surface area contributed by atoms with Gasteiger partial charge in [0, 0.05) is 73.4 Å². The average Bonchev–Trinajstić information content (AvgIpc) is 3.66. The smallest absolute Gasteiger partial charge is 0.273 e. The SMILES string of the molecule is CCCN(Cc1cccn1Cc1nc(C(=O)N2CCN(c3ccc([N+](=O)[O-])cc3)CC2)cs1)C(=O)c1ccc(F)cc1. The summed E-state index contributed by atoms with van der Waals surface area (Å²) in [6, 6.07) is 15.9. The normalized spacial score (nSPS) is 13.3. The number of anilines is 1. The molecule has 1 aliphatic heterocycles. The van der Waals surface area contributed by atoms with E-state index >= 15 is 0 Å². The Labute approximate surface area is 246 Å². The van der Waals surface area contributed by atoms with Crippen LogP contribution in [0.2, 0.25) is 0 Å². The van der Waals surface area contributed by atoms with Crippen molar-refractivity contribution in [2.24, 2.45) is 0 Å². The van der Waals surface area contributed by atoms with Crippen molar-refractivity contribution in [2.75, 3.05) is 37.6 Å². The number of hydrogen-bond acceptors (Lipinski definition) is 7. The number of benzene rings is 2. The van der Waals surface area contributed by atoms with Gasteiger partial charge in [-0.2, -0.15) is 0 Å². The molecule has 0 atom stereocenters. The molecule has 1 aliphatic rings. The van der Waals surface area contributed by atoms with Crippen LogP contribution in [0.1, 0.15) is 44.9 Å². The number of carbonyl (C=O) groups excluding carboxylic acids is 2. The van der Waals surface area contributed by atoms with Gasteiger partial charge in [-0.3, -0.25) is 19.7 Å². The first kappa shape index (κ1) is 28.9. The standard InChI is InChI=1S/C30H31FN6O4S/c1-2-13-36(29(38)22-5-7-23(31)8-6-22)19-26-4-3-14-35(26)20-28-32-27(21-42-28)30(39)34-17-15-33(16-18-34)24-9-11-25(12-10-24)37(40)41/h3-12,14,21H,2,13,15-20H2,1H3. The minimum atomic E-state index is -0.419. The van der Waals surface area contributed by atoms with Crippen LogP contribution in [-0.4, -0.2) is 68.8 Å². The van der Waals surface area contributed by atoms with E-state index in [1.54, 1.807) is 27.3 Å². The van der Waals surface area contributed by atoms with Gasteiger partial charge >= 0.3 is 0 Å². The summed E-state index contributed by atoms with van der Waals surface area (Å²) in [4.78, 5) is 47.1. The molecule has 0 N–H and O–H groups in total. The van der Waals surface area contributed by atoms with Gasteiger partial charge in [0.25, 0.3) is 17.5 Å². The van der Waals surface area contributed by atoms with E-state index in [4.69, 9.17) is 0 Å². The zero-order valence-corrected chi connectivity index (χ0v) is 24.0. The number of halogens is 1. The Morgan fingerprint density at radius 2 is 1.76 bits per heavy atom. The van der Waals surface area contributed by atoms with E-state index in [0.29, 0.717) is 57.1 Å². The first-order valence-corrected chi connectivity index (χ1v) is 14.6. The number of nitro benzene ring substituents is 1. The second-order valence-electron chi connectivity index (χ2n) is 10.0. The summed E-state index contributed by atoms with van der Waals surface area (Å²) in [5.74, 6) is -0.652. The number of aromatic nitrogens is 2. The Morgan fingerprint density at radius 3 is 2.43 bits per heavy atom. The Morgan fingerprint density at radius 1 is 1.05 bits per heavy atom. The third-order valence-corrected chi connectivity index (χ3v) is 8.05. The zero-order valence-electron chi connectivity index (χ0n) is 23.2. The molecule has 1 saturated heterocycles. The summed E-state index contributed by atoms with van der Waals surface area (Å²) in [7, 11) is 0. The Balaban J connectivity index is 1.19. The minimum Gasteiger partial charge on any atom is -0.368 e.